The van der Waals surface area contributed by atoms with E-state index in [-0.39, 0.29) is 0 Å². The monoisotopic (exact) mass is 158 g/mol. The van der Waals surface area contributed by atoms with Crippen LogP contribution in [0, 0.1) is 0 Å². The van der Waals surface area contributed by atoms with E-state index < -0.39 is 8.32 Å². The van der Waals surface area contributed by atoms with Gasteiger partial charge in [-0.3, -0.25) is 0 Å². The van der Waals surface area contributed by atoms with Crippen LogP contribution in [-0.4, -0.2) is 13.1 Å². The number of hydrogen-bond acceptors (Lipinski definition) is 1. The molecule has 0 saturated heterocycles. The van der Waals surface area contributed by atoms with Gasteiger partial charge in [0.25, 0.3) is 0 Å². The van der Waals surface area contributed by atoms with Crippen LogP contribution in [0.2, 0.25) is 13.1 Å². The van der Waals surface area contributed by atoms with E-state index in [0.29, 0.717) is 0 Å². The molecule has 0 unspecified atom stereocenters. The maximum absolute atomic E-state index is 9.37. The summed E-state index contributed by atoms with van der Waals surface area (Å²) < 4.78 is 0. The molecule has 0 aliphatic carbocycles. The molecule has 0 rings (SSSR count). The van der Waals surface area contributed by atoms with Crippen molar-refractivity contribution in [3.8, 4) is 0 Å². The summed E-state index contributed by atoms with van der Waals surface area (Å²) in [7, 11) is -1.89. The second kappa shape index (κ2) is 4.69. The Balaban J connectivity index is 3.37. The normalized spacial score (nSPS) is 12.8. The van der Waals surface area contributed by atoms with E-state index in [2.05, 4.69) is 13.0 Å². The fourth-order valence-corrected chi connectivity index (χ4v) is 1.44. The quantitative estimate of drug-likeness (QED) is 0.492. The molecule has 0 bridgehead atoms. The molecule has 0 aromatic carbocycles. The molecular formula is C8H18OSi. The molecular weight excluding hydrogens is 140 g/mol. The minimum atomic E-state index is -1.89. The van der Waals surface area contributed by atoms with Crippen molar-refractivity contribution in [2.75, 3.05) is 0 Å². The molecule has 10 heavy (non-hydrogen) atoms. The standard InChI is InChI=1S/C8H18OSi/c1-4-5-6-7-8-10(2,3)9/h7-9H,4-6H2,1-3H3. The molecule has 0 amide bonds. The van der Waals surface area contributed by atoms with E-state index >= 15 is 0 Å². The van der Waals surface area contributed by atoms with Crippen molar-refractivity contribution < 1.29 is 4.80 Å². The van der Waals surface area contributed by atoms with Gasteiger partial charge in [-0.2, -0.15) is 0 Å². The molecule has 0 spiro atoms. The van der Waals surface area contributed by atoms with Gasteiger partial charge in [-0.05, 0) is 19.5 Å². The Labute approximate surface area is 64.9 Å². The van der Waals surface area contributed by atoms with Crippen LogP contribution in [0.3, 0.4) is 0 Å². The fraction of sp³-hybridized carbons (Fsp3) is 0.750. The lowest BCUT2D eigenvalue weighted by Gasteiger charge is -2.05. The Hall–Kier alpha value is -0.0831. The van der Waals surface area contributed by atoms with E-state index in [9.17, 15) is 4.80 Å². The maximum Gasteiger partial charge on any atom is 0.206 e. The first kappa shape index (κ1) is 9.92. The third-order valence-electron chi connectivity index (χ3n) is 1.25. The lowest BCUT2D eigenvalue weighted by atomic mass is 10.2. The van der Waals surface area contributed by atoms with Crippen LogP contribution in [0.25, 0.3) is 0 Å². The first-order valence-electron chi connectivity index (χ1n) is 3.96. The summed E-state index contributed by atoms with van der Waals surface area (Å²) in [6, 6.07) is 0. The summed E-state index contributed by atoms with van der Waals surface area (Å²) in [5, 5.41) is 0. The predicted molar refractivity (Wildman–Crippen MR) is 48.4 cm³/mol. The van der Waals surface area contributed by atoms with Gasteiger partial charge in [0.2, 0.25) is 8.32 Å². The number of allylic oxidation sites excluding steroid dienone is 1. The average molecular weight is 158 g/mol. The molecule has 1 nitrogen and oxygen atoms in total. The van der Waals surface area contributed by atoms with Crippen molar-refractivity contribution in [2.45, 2.75) is 39.3 Å². The van der Waals surface area contributed by atoms with Gasteiger partial charge in [0.15, 0.2) is 0 Å². The zero-order valence-corrected chi connectivity index (χ0v) is 8.22. The molecule has 0 aliphatic heterocycles. The first-order chi connectivity index (χ1) is 4.56. The molecule has 0 radical (unpaired) electrons. The Morgan fingerprint density at radius 2 is 2.00 bits per heavy atom. The SMILES string of the molecule is CCCCC=C[Si](C)(C)O. The summed E-state index contributed by atoms with van der Waals surface area (Å²) in [4.78, 5) is 9.37. The van der Waals surface area contributed by atoms with Crippen molar-refractivity contribution in [3.05, 3.63) is 11.8 Å². The molecule has 0 aliphatic rings. The van der Waals surface area contributed by atoms with Crippen LogP contribution in [-0.2, 0) is 0 Å². The van der Waals surface area contributed by atoms with Gasteiger partial charge in [-0.1, -0.05) is 31.5 Å². The highest BCUT2D eigenvalue weighted by molar-refractivity contribution is 6.74. The summed E-state index contributed by atoms with van der Waals surface area (Å²) in [5.74, 6) is 0. The van der Waals surface area contributed by atoms with Crippen LogP contribution in [0.4, 0.5) is 0 Å². The summed E-state index contributed by atoms with van der Waals surface area (Å²) >= 11 is 0. The highest BCUT2D eigenvalue weighted by Crippen LogP contribution is 2.01. The number of hydrogen-bond donors (Lipinski definition) is 1. The Kier molecular flexibility index (Phi) is 4.65. The molecule has 0 atom stereocenters. The van der Waals surface area contributed by atoms with Crippen LogP contribution in [0.5, 0.6) is 0 Å². The van der Waals surface area contributed by atoms with Crippen LogP contribution in [0.1, 0.15) is 26.2 Å². The van der Waals surface area contributed by atoms with Gasteiger partial charge < -0.3 is 4.80 Å². The van der Waals surface area contributed by atoms with Gasteiger partial charge in [0, 0.05) is 0 Å². The van der Waals surface area contributed by atoms with Crippen LogP contribution in [0.15, 0.2) is 11.8 Å². The summed E-state index contributed by atoms with van der Waals surface area (Å²) in [5.41, 5.74) is 1.99. The Morgan fingerprint density at radius 3 is 2.40 bits per heavy atom. The molecule has 0 saturated carbocycles. The molecule has 60 valence electrons. The van der Waals surface area contributed by atoms with Crippen molar-refractivity contribution in [1.82, 2.24) is 0 Å². The summed E-state index contributed by atoms with van der Waals surface area (Å²) in [6.45, 7) is 6.03. The van der Waals surface area contributed by atoms with E-state index in [1.807, 2.05) is 18.8 Å². The van der Waals surface area contributed by atoms with Crippen molar-refractivity contribution in [2.24, 2.45) is 0 Å². The van der Waals surface area contributed by atoms with Crippen LogP contribution < -0.4 is 0 Å². The van der Waals surface area contributed by atoms with Crippen molar-refractivity contribution in [1.29, 1.82) is 0 Å². The van der Waals surface area contributed by atoms with Gasteiger partial charge in [-0.25, -0.2) is 0 Å². The van der Waals surface area contributed by atoms with Crippen molar-refractivity contribution in [3.63, 3.8) is 0 Å². The highest BCUT2D eigenvalue weighted by atomic mass is 28.4. The number of rotatable bonds is 4. The lowest BCUT2D eigenvalue weighted by molar-refractivity contribution is 0.567. The van der Waals surface area contributed by atoms with E-state index in [0.717, 1.165) is 6.42 Å². The molecule has 0 aromatic heterocycles. The highest BCUT2D eigenvalue weighted by Gasteiger charge is 2.09. The minimum absolute atomic E-state index is 1.12. The Bertz CT molecular complexity index is 102. The van der Waals surface area contributed by atoms with E-state index in [4.69, 9.17) is 0 Å². The second-order valence-corrected chi connectivity index (χ2v) is 6.84. The Morgan fingerprint density at radius 1 is 1.40 bits per heavy atom. The largest absolute Gasteiger partial charge is 0.428 e. The smallest absolute Gasteiger partial charge is 0.206 e. The molecule has 1 N–H and O–H groups in total. The zero-order valence-electron chi connectivity index (χ0n) is 7.22. The minimum Gasteiger partial charge on any atom is -0.428 e. The van der Waals surface area contributed by atoms with E-state index in [1.165, 1.54) is 12.8 Å². The molecule has 0 fully saturated rings. The fourth-order valence-electron chi connectivity index (χ4n) is 0.694. The zero-order chi connectivity index (χ0) is 8.04. The van der Waals surface area contributed by atoms with Gasteiger partial charge in [0.05, 0.1) is 0 Å². The second-order valence-electron chi connectivity index (χ2n) is 3.20. The molecule has 2 heteroatoms. The van der Waals surface area contributed by atoms with Gasteiger partial charge in [0.1, 0.15) is 0 Å². The van der Waals surface area contributed by atoms with E-state index in [1.54, 1.807) is 0 Å². The maximum atomic E-state index is 9.37. The number of unbranched alkanes of at least 4 members (excludes halogenated alkanes) is 2. The lowest BCUT2D eigenvalue weighted by Crippen LogP contribution is -2.21. The first-order valence-corrected chi connectivity index (χ1v) is 6.99. The van der Waals surface area contributed by atoms with Crippen molar-refractivity contribution >= 4 is 8.32 Å². The topological polar surface area (TPSA) is 20.2 Å². The third kappa shape index (κ3) is 7.92. The third-order valence-corrected chi connectivity index (χ3v) is 2.30. The molecule has 0 aromatic rings. The van der Waals surface area contributed by atoms with Crippen LogP contribution >= 0.6 is 0 Å². The van der Waals surface area contributed by atoms with Gasteiger partial charge >= 0.3 is 0 Å². The molecule has 0 heterocycles. The average Bonchev–Trinajstić information content (AvgIpc) is 1.78. The summed E-state index contributed by atoms with van der Waals surface area (Å²) in [6.07, 6.45) is 5.70. The van der Waals surface area contributed by atoms with Gasteiger partial charge in [-0.15, -0.1) is 0 Å². The predicted octanol–water partition coefficient (Wildman–Crippen LogP) is 2.47.